The van der Waals surface area contributed by atoms with E-state index in [9.17, 15) is 4.79 Å². The molecule has 1 aliphatic carbocycles. The highest BCUT2D eigenvalue weighted by molar-refractivity contribution is 5.21. The SMILES string of the molecule is COC1(c2nc3c(c(=O)[nH]2)CCCCC3)CCOCC1. The number of nitrogens with one attached hydrogen (secondary N) is 1. The summed E-state index contributed by atoms with van der Waals surface area (Å²) in [7, 11) is 1.69. The number of aromatic nitrogens is 2. The average molecular weight is 278 g/mol. The Balaban J connectivity index is 2.03. The van der Waals surface area contributed by atoms with Crippen molar-refractivity contribution in [1.82, 2.24) is 9.97 Å². The van der Waals surface area contributed by atoms with Gasteiger partial charge in [-0.2, -0.15) is 0 Å². The maximum atomic E-state index is 12.4. The van der Waals surface area contributed by atoms with Crippen molar-refractivity contribution in [1.29, 1.82) is 0 Å². The van der Waals surface area contributed by atoms with E-state index in [-0.39, 0.29) is 5.56 Å². The van der Waals surface area contributed by atoms with Gasteiger partial charge < -0.3 is 14.5 Å². The number of fused-ring (bicyclic) bond motifs is 1. The first-order valence-electron chi connectivity index (χ1n) is 7.51. The molecule has 1 N–H and O–H groups in total. The lowest BCUT2D eigenvalue weighted by atomic mass is 9.92. The lowest BCUT2D eigenvalue weighted by Crippen LogP contribution is -2.39. The molecular weight excluding hydrogens is 256 g/mol. The number of rotatable bonds is 2. The number of aryl methyl sites for hydroxylation is 1. The van der Waals surface area contributed by atoms with Crippen molar-refractivity contribution >= 4 is 0 Å². The Morgan fingerprint density at radius 3 is 2.70 bits per heavy atom. The van der Waals surface area contributed by atoms with E-state index in [2.05, 4.69) is 4.98 Å². The second-order valence-corrected chi connectivity index (χ2v) is 5.71. The van der Waals surface area contributed by atoms with Crippen molar-refractivity contribution in [2.45, 2.75) is 50.5 Å². The maximum absolute atomic E-state index is 12.4. The quantitative estimate of drug-likeness (QED) is 0.836. The summed E-state index contributed by atoms with van der Waals surface area (Å²) >= 11 is 0. The number of aromatic amines is 1. The number of methoxy groups -OCH3 is 1. The highest BCUT2D eigenvalue weighted by Gasteiger charge is 2.37. The topological polar surface area (TPSA) is 64.2 Å². The van der Waals surface area contributed by atoms with Crippen molar-refractivity contribution in [2.75, 3.05) is 20.3 Å². The Morgan fingerprint density at radius 2 is 1.95 bits per heavy atom. The number of H-pyrrole nitrogens is 1. The van der Waals surface area contributed by atoms with Gasteiger partial charge in [0.1, 0.15) is 11.4 Å². The van der Waals surface area contributed by atoms with Gasteiger partial charge >= 0.3 is 0 Å². The number of hydrogen-bond donors (Lipinski definition) is 1. The molecule has 1 aromatic heterocycles. The Kier molecular flexibility index (Phi) is 3.89. The molecular formula is C15H22N2O3. The van der Waals surface area contributed by atoms with Crippen LogP contribution in [0.25, 0.3) is 0 Å². The summed E-state index contributed by atoms with van der Waals surface area (Å²) in [6.45, 7) is 1.29. The normalized spacial score (nSPS) is 22.1. The van der Waals surface area contributed by atoms with E-state index >= 15 is 0 Å². The molecule has 2 aliphatic rings. The van der Waals surface area contributed by atoms with Crippen LogP contribution in [0.3, 0.4) is 0 Å². The van der Waals surface area contributed by atoms with Gasteiger partial charge in [0.15, 0.2) is 0 Å². The molecule has 0 radical (unpaired) electrons. The monoisotopic (exact) mass is 278 g/mol. The van der Waals surface area contributed by atoms with E-state index in [1.54, 1.807) is 7.11 Å². The molecule has 1 aliphatic heterocycles. The third kappa shape index (κ3) is 2.40. The molecule has 20 heavy (non-hydrogen) atoms. The largest absolute Gasteiger partial charge is 0.381 e. The minimum atomic E-state index is -0.487. The molecule has 5 nitrogen and oxygen atoms in total. The molecule has 2 heterocycles. The summed E-state index contributed by atoms with van der Waals surface area (Å²) in [4.78, 5) is 20.1. The lowest BCUT2D eigenvalue weighted by Gasteiger charge is -2.35. The van der Waals surface area contributed by atoms with Crippen LogP contribution in [0.15, 0.2) is 4.79 Å². The van der Waals surface area contributed by atoms with E-state index in [1.807, 2.05) is 0 Å². The Bertz CT molecular complexity index is 532. The Labute approximate surface area is 118 Å². The molecule has 0 spiro atoms. The van der Waals surface area contributed by atoms with Crippen LogP contribution in [0.5, 0.6) is 0 Å². The number of nitrogens with zero attached hydrogens (tertiary/aromatic N) is 1. The van der Waals surface area contributed by atoms with Crippen molar-refractivity contribution in [3.05, 3.63) is 27.4 Å². The van der Waals surface area contributed by atoms with Gasteiger partial charge in [-0.3, -0.25) is 4.79 Å². The second kappa shape index (κ2) is 5.66. The van der Waals surface area contributed by atoms with Crippen LogP contribution in [-0.4, -0.2) is 30.3 Å². The predicted octanol–water partition coefficient (Wildman–Crippen LogP) is 1.69. The molecule has 0 bridgehead atoms. The zero-order chi connectivity index (χ0) is 14.0. The molecule has 5 heteroatoms. The second-order valence-electron chi connectivity index (χ2n) is 5.71. The molecule has 1 saturated heterocycles. The molecule has 0 unspecified atom stereocenters. The first kappa shape index (κ1) is 13.8. The van der Waals surface area contributed by atoms with Gasteiger partial charge in [-0.1, -0.05) is 6.42 Å². The number of hydrogen-bond acceptors (Lipinski definition) is 4. The molecule has 1 fully saturated rings. The van der Waals surface area contributed by atoms with Gasteiger partial charge in [0.2, 0.25) is 0 Å². The predicted molar refractivity (Wildman–Crippen MR) is 74.9 cm³/mol. The lowest BCUT2D eigenvalue weighted by molar-refractivity contribution is -0.100. The summed E-state index contributed by atoms with van der Waals surface area (Å²) in [5.41, 5.74) is 1.39. The fourth-order valence-electron chi connectivity index (χ4n) is 3.23. The van der Waals surface area contributed by atoms with Crippen LogP contribution in [0, 0.1) is 0 Å². The van der Waals surface area contributed by atoms with Crippen LogP contribution in [-0.2, 0) is 27.9 Å². The smallest absolute Gasteiger partial charge is 0.254 e. The first-order chi connectivity index (χ1) is 9.75. The number of ether oxygens (including phenoxy) is 2. The van der Waals surface area contributed by atoms with Crippen LogP contribution in [0.1, 0.15) is 49.2 Å². The minimum absolute atomic E-state index is 0.0230. The van der Waals surface area contributed by atoms with Crippen molar-refractivity contribution in [3.8, 4) is 0 Å². The fraction of sp³-hybridized carbons (Fsp3) is 0.733. The molecule has 3 rings (SSSR count). The summed E-state index contributed by atoms with van der Waals surface area (Å²) in [6.07, 6.45) is 6.61. The molecule has 0 aromatic carbocycles. The van der Waals surface area contributed by atoms with Crippen LogP contribution in [0.4, 0.5) is 0 Å². The maximum Gasteiger partial charge on any atom is 0.254 e. The van der Waals surface area contributed by atoms with Crippen LogP contribution < -0.4 is 5.56 Å². The standard InChI is InChI=1S/C15H22N2O3/c1-19-15(7-9-20-10-8-15)14-16-12-6-4-2-3-5-11(12)13(18)17-14/h2-10H2,1H3,(H,16,17,18). The summed E-state index contributed by atoms with van der Waals surface area (Å²) in [5, 5.41) is 0. The van der Waals surface area contributed by atoms with Gasteiger partial charge in [-0.05, 0) is 25.7 Å². The summed E-state index contributed by atoms with van der Waals surface area (Å²) in [5.74, 6) is 0.689. The van der Waals surface area contributed by atoms with Crippen LogP contribution >= 0.6 is 0 Å². The van der Waals surface area contributed by atoms with E-state index in [1.165, 1.54) is 6.42 Å². The summed E-state index contributed by atoms with van der Waals surface area (Å²) in [6, 6.07) is 0. The Hall–Kier alpha value is -1.20. The Morgan fingerprint density at radius 1 is 1.20 bits per heavy atom. The highest BCUT2D eigenvalue weighted by atomic mass is 16.5. The zero-order valence-electron chi connectivity index (χ0n) is 12.0. The van der Waals surface area contributed by atoms with Gasteiger partial charge in [0, 0.05) is 38.7 Å². The van der Waals surface area contributed by atoms with Crippen molar-refractivity contribution < 1.29 is 9.47 Å². The molecule has 0 saturated carbocycles. The minimum Gasteiger partial charge on any atom is -0.381 e. The third-order valence-electron chi connectivity index (χ3n) is 4.56. The van der Waals surface area contributed by atoms with E-state index in [4.69, 9.17) is 14.5 Å². The molecule has 1 aromatic rings. The van der Waals surface area contributed by atoms with Crippen molar-refractivity contribution in [2.24, 2.45) is 0 Å². The summed E-state index contributed by atoms with van der Waals surface area (Å²) < 4.78 is 11.1. The van der Waals surface area contributed by atoms with E-state index in [0.29, 0.717) is 19.0 Å². The van der Waals surface area contributed by atoms with Gasteiger partial charge in [0.05, 0.1) is 5.69 Å². The molecule has 110 valence electrons. The van der Waals surface area contributed by atoms with Crippen molar-refractivity contribution in [3.63, 3.8) is 0 Å². The third-order valence-corrected chi connectivity index (χ3v) is 4.56. The fourth-order valence-corrected chi connectivity index (χ4v) is 3.23. The van der Waals surface area contributed by atoms with Gasteiger partial charge in [-0.15, -0.1) is 0 Å². The van der Waals surface area contributed by atoms with E-state index in [0.717, 1.165) is 49.8 Å². The zero-order valence-corrected chi connectivity index (χ0v) is 12.0. The van der Waals surface area contributed by atoms with Gasteiger partial charge in [-0.25, -0.2) is 4.98 Å². The highest BCUT2D eigenvalue weighted by Crippen LogP contribution is 2.33. The first-order valence-corrected chi connectivity index (χ1v) is 7.51. The average Bonchev–Trinajstić information content (AvgIpc) is 2.73. The molecule has 0 amide bonds. The van der Waals surface area contributed by atoms with Gasteiger partial charge in [0.25, 0.3) is 5.56 Å². The van der Waals surface area contributed by atoms with Crippen LogP contribution in [0.2, 0.25) is 0 Å². The van der Waals surface area contributed by atoms with E-state index < -0.39 is 5.60 Å². The molecule has 0 atom stereocenters.